The van der Waals surface area contributed by atoms with Gasteiger partial charge in [0.2, 0.25) is 5.90 Å². The lowest BCUT2D eigenvalue weighted by molar-refractivity contribution is 0.0333. The van der Waals surface area contributed by atoms with Gasteiger partial charge in [-0.3, -0.25) is 4.98 Å². The van der Waals surface area contributed by atoms with Crippen LogP contribution in [-0.2, 0) is 11.2 Å². The van der Waals surface area contributed by atoms with E-state index in [2.05, 4.69) is 17.1 Å². The van der Waals surface area contributed by atoms with E-state index in [1.165, 1.54) is 11.8 Å². The van der Waals surface area contributed by atoms with Gasteiger partial charge in [0, 0.05) is 18.0 Å². The number of fused-ring (bicyclic) bond motifs is 1. The number of aromatic nitrogens is 1. The minimum atomic E-state index is -0.922. The van der Waals surface area contributed by atoms with E-state index in [0.717, 1.165) is 44.6 Å². The van der Waals surface area contributed by atoms with Gasteiger partial charge in [-0.25, -0.2) is 13.8 Å². The predicted octanol–water partition coefficient (Wildman–Crippen LogP) is 5.60. The highest BCUT2D eigenvalue weighted by atomic mass is 19.2. The van der Waals surface area contributed by atoms with E-state index in [0.29, 0.717) is 16.8 Å². The fourth-order valence-corrected chi connectivity index (χ4v) is 4.64. The third kappa shape index (κ3) is 3.50. The van der Waals surface area contributed by atoms with Gasteiger partial charge < -0.3 is 4.74 Å². The van der Waals surface area contributed by atoms with Gasteiger partial charge in [-0.1, -0.05) is 30.3 Å². The number of rotatable bonds is 3. The van der Waals surface area contributed by atoms with Gasteiger partial charge in [0.15, 0.2) is 11.6 Å². The molecule has 1 aliphatic heterocycles. The molecule has 2 aromatic carbocycles. The van der Waals surface area contributed by atoms with Crippen molar-refractivity contribution < 1.29 is 13.5 Å². The van der Waals surface area contributed by atoms with Crippen molar-refractivity contribution in [3.05, 3.63) is 77.5 Å². The van der Waals surface area contributed by atoms with Gasteiger partial charge in [0.1, 0.15) is 11.1 Å². The Morgan fingerprint density at radius 3 is 2.62 bits per heavy atom. The molecule has 1 atom stereocenters. The topological polar surface area (TPSA) is 34.5 Å². The van der Waals surface area contributed by atoms with E-state index in [1.807, 2.05) is 18.2 Å². The molecule has 3 nitrogen and oxygen atoms in total. The lowest BCUT2D eigenvalue weighted by Crippen LogP contribution is -2.41. The summed E-state index contributed by atoms with van der Waals surface area (Å²) in [6.45, 7) is 0. The molecule has 0 N–H and O–H groups in total. The van der Waals surface area contributed by atoms with Crippen LogP contribution in [0.2, 0.25) is 0 Å². The summed E-state index contributed by atoms with van der Waals surface area (Å²) in [5.74, 6) is -1.25. The molecule has 5 heteroatoms. The van der Waals surface area contributed by atoms with E-state index in [9.17, 15) is 8.78 Å². The molecular weight excluding hydrogens is 370 g/mol. The van der Waals surface area contributed by atoms with Crippen molar-refractivity contribution in [3.8, 4) is 0 Å². The van der Waals surface area contributed by atoms with Gasteiger partial charge in [0.05, 0.1) is 11.6 Å². The Morgan fingerprint density at radius 1 is 1.03 bits per heavy atom. The molecule has 1 unspecified atom stereocenters. The monoisotopic (exact) mass is 392 g/mol. The molecule has 1 aromatic heterocycles. The Bertz CT molecular complexity index is 1070. The van der Waals surface area contributed by atoms with Gasteiger partial charge in [0.25, 0.3) is 0 Å². The molecule has 0 amide bonds. The molecule has 1 spiro atoms. The molecule has 2 heterocycles. The number of aliphatic imine (C=N–C) groups is 1. The summed E-state index contributed by atoms with van der Waals surface area (Å²) in [5, 5.41) is 0.540. The summed E-state index contributed by atoms with van der Waals surface area (Å²) < 4.78 is 34.0. The lowest BCUT2D eigenvalue weighted by atomic mass is 9.88. The van der Waals surface area contributed by atoms with E-state index >= 15 is 0 Å². The molecule has 148 valence electrons. The van der Waals surface area contributed by atoms with E-state index in [4.69, 9.17) is 9.73 Å². The highest BCUT2D eigenvalue weighted by molar-refractivity contribution is 5.98. The van der Waals surface area contributed by atoms with Crippen LogP contribution in [0.15, 0.2) is 59.7 Å². The maximum atomic E-state index is 14.0. The second-order valence-electron chi connectivity index (χ2n) is 8.13. The number of halogens is 2. The maximum absolute atomic E-state index is 14.0. The van der Waals surface area contributed by atoms with E-state index in [-0.39, 0.29) is 17.2 Å². The van der Waals surface area contributed by atoms with Crippen LogP contribution >= 0.6 is 0 Å². The third-order valence-electron chi connectivity index (χ3n) is 6.04. The number of pyridine rings is 1. The van der Waals surface area contributed by atoms with Gasteiger partial charge >= 0.3 is 0 Å². The number of hydrogen-bond donors (Lipinski definition) is 0. The summed E-state index contributed by atoms with van der Waals surface area (Å²) in [5.41, 5.74) is 1.82. The van der Waals surface area contributed by atoms with Crippen LogP contribution < -0.4 is 0 Å². The average molecular weight is 392 g/mol. The van der Waals surface area contributed by atoms with Crippen molar-refractivity contribution in [3.63, 3.8) is 0 Å². The average Bonchev–Trinajstić information content (AvgIpc) is 3.18. The summed E-state index contributed by atoms with van der Waals surface area (Å²) in [6, 6.07) is 14.9. The second kappa shape index (κ2) is 7.21. The van der Waals surface area contributed by atoms with Crippen LogP contribution in [0, 0.1) is 11.6 Å². The number of benzene rings is 2. The van der Waals surface area contributed by atoms with Crippen LogP contribution in [0.5, 0.6) is 0 Å². The Labute approximate surface area is 168 Å². The summed E-state index contributed by atoms with van der Waals surface area (Å²) in [4.78, 5) is 9.06. The Kier molecular flexibility index (Phi) is 4.53. The minimum absolute atomic E-state index is 0.0292. The Morgan fingerprint density at radius 2 is 1.83 bits per heavy atom. The largest absolute Gasteiger partial charge is 0.471 e. The molecular formula is C24H22F2N2O. The zero-order valence-electron chi connectivity index (χ0n) is 16.1. The molecule has 0 radical (unpaired) electrons. The molecule has 1 fully saturated rings. The molecule has 0 saturated heterocycles. The Balaban J connectivity index is 1.52. The lowest BCUT2D eigenvalue weighted by Gasteiger charge is -2.37. The summed E-state index contributed by atoms with van der Waals surface area (Å²) in [6.07, 6.45) is 7.67. The van der Waals surface area contributed by atoms with Crippen LogP contribution in [0.3, 0.4) is 0 Å². The van der Waals surface area contributed by atoms with Crippen LogP contribution in [0.4, 0.5) is 8.78 Å². The molecule has 0 bridgehead atoms. The molecule has 1 saturated carbocycles. The van der Waals surface area contributed by atoms with Crippen molar-refractivity contribution in [2.45, 2.75) is 50.2 Å². The normalized spacial score (nSPS) is 20.6. The Hall–Kier alpha value is -2.82. The first-order valence-electron chi connectivity index (χ1n) is 10.2. The summed E-state index contributed by atoms with van der Waals surface area (Å²) in [7, 11) is 0. The van der Waals surface area contributed by atoms with Gasteiger partial charge in [-0.2, -0.15) is 0 Å². The number of ether oxygens (including phenoxy) is 1. The van der Waals surface area contributed by atoms with Crippen LogP contribution in [0.1, 0.15) is 43.2 Å². The number of hydrogen-bond acceptors (Lipinski definition) is 3. The van der Waals surface area contributed by atoms with Crippen LogP contribution in [-0.4, -0.2) is 22.5 Å². The fourth-order valence-electron chi connectivity index (χ4n) is 4.64. The molecule has 3 aromatic rings. The fraction of sp³-hybridized carbons (Fsp3) is 0.333. The zero-order valence-corrected chi connectivity index (χ0v) is 16.1. The van der Waals surface area contributed by atoms with Gasteiger partial charge in [-0.15, -0.1) is 0 Å². The van der Waals surface area contributed by atoms with Crippen molar-refractivity contribution in [2.75, 3.05) is 0 Å². The first-order valence-corrected chi connectivity index (χ1v) is 10.2. The predicted molar refractivity (Wildman–Crippen MR) is 109 cm³/mol. The maximum Gasteiger partial charge on any atom is 0.218 e. The van der Waals surface area contributed by atoms with Crippen molar-refractivity contribution in [2.24, 2.45) is 4.99 Å². The van der Waals surface area contributed by atoms with Gasteiger partial charge in [-0.05, 0) is 55.9 Å². The number of nitrogens with zero attached hydrogens (tertiary/aromatic N) is 2. The molecule has 29 heavy (non-hydrogen) atoms. The minimum Gasteiger partial charge on any atom is -0.471 e. The molecule has 2 aliphatic rings. The zero-order chi connectivity index (χ0) is 19.8. The first-order chi connectivity index (χ1) is 14.1. The third-order valence-corrected chi connectivity index (χ3v) is 6.04. The van der Waals surface area contributed by atoms with E-state index in [1.54, 1.807) is 12.1 Å². The highest BCUT2D eigenvalue weighted by Crippen LogP contribution is 2.41. The standard InChI is InChI=1S/C24H22F2N2O/c25-20-9-8-17-13-18(15-27-22(17)21(20)26)23-28-19(12-16-6-2-1-3-7-16)14-24(29-23)10-4-5-11-24/h1-3,6-9,13,15,19H,4-5,10-12,14H2. The van der Waals surface area contributed by atoms with Crippen molar-refractivity contribution in [1.82, 2.24) is 4.98 Å². The SMILES string of the molecule is Fc1ccc2cc(C3=NC(Cc4ccccc4)CC4(CCCC4)O3)cnc2c1F. The molecule has 1 aliphatic carbocycles. The quantitative estimate of drug-likeness (QED) is 0.581. The van der Waals surface area contributed by atoms with Crippen molar-refractivity contribution in [1.29, 1.82) is 0 Å². The smallest absolute Gasteiger partial charge is 0.218 e. The summed E-state index contributed by atoms with van der Waals surface area (Å²) >= 11 is 0. The molecule has 5 rings (SSSR count). The van der Waals surface area contributed by atoms with Crippen molar-refractivity contribution >= 4 is 16.8 Å². The van der Waals surface area contributed by atoms with Crippen LogP contribution in [0.25, 0.3) is 10.9 Å². The second-order valence-corrected chi connectivity index (χ2v) is 8.13. The highest BCUT2D eigenvalue weighted by Gasteiger charge is 2.42. The van der Waals surface area contributed by atoms with E-state index < -0.39 is 11.6 Å². The first kappa shape index (κ1) is 18.2.